The lowest BCUT2D eigenvalue weighted by atomic mass is 10.2. The van der Waals surface area contributed by atoms with E-state index in [9.17, 15) is 4.39 Å². The van der Waals surface area contributed by atoms with Crippen LogP contribution in [-0.2, 0) is 6.54 Å². The van der Waals surface area contributed by atoms with Crippen molar-refractivity contribution >= 4 is 32.5 Å². The number of anilines is 2. The van der Waals surface area contributed by atoms with Gasteiger partial charge in [-0.3, -0.25) is 4.98 Å². The summed E-state index contributed by atoms with van der Waals surface area (Å²) in [5.74, 6) is 0.316. The summed E-state index contributed by atoms with van der Waals surface area (Å²) in [5.41, 5.74) is 2.98. The quantitative estimate of drug-likeness (QED) is 0.543. The number of hydrogen-bond donors (Lipinski definition) is 2. The molecular formula is C19H16FN5S. The first-order valence-electron chi connectivity index (χ1n) is 8.11. The number of nitrogens with zero attached hydrogens (tertiary/aromatic N) is 3. The standard InChI is InChI=1S/C19H16FN5S/c1-21-19-25-15-8-14(20)13(7-17(15)26-19)9-23-18-11-22-10-16(24-18)12-5-3-2-4-6-12/h2-8,10-11H,9H2,1H3,(H,21,25)(H,23,24). The van der Waals surface area contributed by atoms with Crippen LogP contribution in [0.2, 0.25) is 0 Å². The van der Waals surface area contributed by atoms with Crippen LogP contribution in [0.1, 0.15) is 5.56 Å². The molecule has 4 aromatic rings. The highest BCUT2D eigenvalue weighted by molar-refractivity contribution is 7.22. The second kappa shape index (κ2) is 7.05. The molecule has 0 atom stereocenters. The molecule has 2 aromatic heterocycles. The lowest BCUT2D eigenvalue weighted by Gasteiger charge is -2.08. The van der Waals surface area contributed by atoms with Gasteiger partial charge in [0.1, 0.15) is 11.6 Å². The van der Waals surface area contributed by atoms with Gasteiger partial charge in [-0.15, -0.1) is 0 Å². The number of rotatable bonds is 5. The fourth-order valence-corrected chi connectivity index (χ4v) is 3.48. The topological polar surface area (TPSA) is 62.7 Å². The van der Waals surface area contributed by atoms with Crippen LogP contribution >= 0.6 is 11.3 Å². The van der Waals surface area contributed by atoms with Crippen molar-refractivity contribution in [1.82, 2.24) is 15.0 Å². The molecule has 0 aliphatic heterocycles. The van der Waals surface area contributed by atoms with Gasteiger partial charge in [-0.2, -0.15) is 0 Å². The fourth-order valence-electron chi connectivity index (χ4n) is 2.62. The fraction of sp³-hybridized carbons (Fsp3) is 0.105. The molecule has 0 spiro atoms. The Bertz CT molecular complexity index is 1050. The van der Waals surface area contributed by atoms with E-state index in [0.29, 0.717) is 23.4 Å². The van der Waals surface area contributed by atoms with Gasteiger partial charge in [0, 0.05) is 30.8 Å². The summed E-state index contributed by atoms with van der Waals surface area (Å²) < 4.78 is 15.3. The Hall–Kier alpha value is -3.06. The predicted molar refractivity (Wildman–Crippen MR) is 104 cm³/mol. The third kappa shape index (κ3) is 3.34. The molecule has 0 saturated heterocycles. The Kier molecular flexibility index (Phi) is 4.45. The lowest BCUT2D eigenvalue weighted by Crippen LogP contribution is -2.04. The molecule has 2 aromatic carbocycles. The molecule has 0 aliphatic rings. The molecule has 4 rings (SSSR count). The maximum Gasteiger partial charge on any atom is 0.183 e. The minimum atomic E-state index is -0.287. The van der Waals surface area contributed by atoms with Crippen LogP contribution < -0.4 is 10.6 Å². The number of hydrogen-bond acceptors (Lipinski definition) is 6. The van der Waals surface area contributed by atoms with E-state index in [1.54, 1.807) is 19.4 Å². The van der Waals surface area contributed by atoms with E-state index in [2.05, 4.69) is 25.6 Å². The first kappa shape index (κ1) is 16.4. The van der Waals surface area contributed by atoms with Crippen molar-refractivity contribution in [3.05, 3.63) is 66.2 Å². The Morgan fingerprint density at radius 1 is 1.08 bits per heavy atom. The van der Waals surface area contributed by atoms with Crippen molar-refractivity contribution in [2.75, 3.05) is 17.7 Å². The van der Waals surface area contributed by atoms with Crippen molar-refractivity contribution in [3.8, 4) is 11.3 Å². The molecule has 0 fully saturated rings. The molecule has 130 valence electrons. The summed E-state index contributed by atoms with van der Waals surface area (Å²) in [6.45, 7) is 0.321. The third-order valence-electron chi connectivity index (χ3n) is 3.93. The van der Waals surface area contributed by atoms with Gasteiger partial charge >= 0.3 is 0 Å². The van der Waals surface area contributed by atoms with Crippen LogP contribution in [0, 0.1) is 5.82 Å². The van der Waals surface area contributed by atoms with E-state index in [0.717, 1.165) is 21.1 Å². The van der Waals surface area contributed by atoms with Crippen molar-refractivity contribution in [2.45, 2.75) is 6.54 Å². The van der Waals surface area contributed by atoms with Crippen molar-refractivity contribution in [2.24, 2.45) is 0 Å². The average molecular weight is 365 g/mol. The molecule has 2 N–H and O–H groups in total. The monoisotopic (exact) mass is 365 g/mol. The first-order chi connectivity index (χ1) is 12.7. The van der Waals surface area contributed by atoms with Gasteiger partial charge in [-0.25, -0.2) is 14.4 Å². The molecule has 0 saturated carbocycles. The van der Waals surface area contributed by atoms with E-state index >= 15 is 0 Å². The molecule has 0 amide bonds. The van der Waals surface area contributed by atoms with Gasteiger partial charge in [0.05, 0.1) is 28.3 Å². The van der Waals surface area contributed by atoms with Crippen LogP contribution in [0.5, 0.6) is 0 Å². The zero-order chi connectivity index (χ0) is 17.9. The Labute approximate surface area is 154 Å². The number of nitrogens with one attached hydrogen (secondary N) is 2. The molecule has 0 bridgehead atoms. The van der Waals surface area contributed by atoms with Gasteiger partial charge in [0.2, 0.25) is 0 Å². The van der Waals surface area contributed by atoms with E-state index < -0.39 is 0 Å². The van der Waals surface area contributed by atoms with Gasteiger partial charge in [-0.05, 0) is 6.07 Å². The summed E-state index contributed by atoms with van der Waals surface area (Å²) in [5, 5.41) is 6.91. The van der Waals surface area contributed by atoms with Gasteiger partial charge in [0.15, 0.2) is 5.13 Å². The van der Waals surface area contributed by atoms with Crippen LogP contribution in [0.25, 0.3) is 21.5 Å². The second-order valence-electron chi connectivity index (χ2n) is 5.69. The van der Waals surface area contributed by atoms with Crippen molar-refractivity contribution in [3.63, 3.8) is 0 Å². The maximum absolute atomic E-state index is 14.3. The molecule has 0 radical (unpaired) electrons. The number of benzene rings is 2. The minimum absolute atomic E-state index is 0.287. The SMILES string of the molecule is CNc1nc2cc(F)c(CNc3cncc(-c4ccccc4)n3)cc2s1. The van der Waals surface area contributed by atoms with E-state index in [1.807, 2.05) is 36.4 Å². The Balaban J connectivity index is 1.55. The second-order valence-corrected chi connectivity index (χ2v) is 6.72. The largest absolute Gasteiger partial charge is 0.365 e. The third-order valence-corrected chi connectivity index (χ3v) is 4.97. The van der Waals surface area contributed by atoms with Gasteiger partial charge in [0.25, 0.3) is 0 Å². The molecular weight excluding hydrogens is 349 g/mol. The Morgan fingerprint density at radius 2 is 1.92 bits per heavy atom. The summed E-state index contributed by atoms with van der Waals surface area (Å²) in [6.07, 6.45) is 3.35. The van der Waals surface area contributed by atoms with Crippen LogP contribution in [-0.4, -0.2) is 22.0 Å². The average Bonchev–Trinajstić information content (AvgIpc) is 3.09. The zero-order valence-corrected chi connectivity index (χ0v) is 14.8. The van der Waals surface area contributed by atoms with Crippen LogP contribution in [0.3, 0.4) is 0 Å². The number of fused-ring (bicyclic) bond motifs is 1. The van der Waals surface area contributed by atoms with Gasteiger partial charge in [-0.1, -0.05) is 41.7 Å². The van der Waals surface area contributed by atoms with E-state index in [-0.39, 0.29) is 5.82 Å². The summed E-state index contributed by atoms with van der Waals surface area (Å²) >= 11 is 1.50. The minimum Gasteiger partial charge on any atom is -0.365 e. The number of thiazole rings is 1. The molecule has 0 aliphatic carbocycles. The maximum atomic E-state index is 14.3. The molecule has 0 unspecified atom stereocenters. The number of halogens is 1. The Morgan fingerprint density at radius 3 is 2.73 bits per heavy atom. The van der Waals surface area contributed by atoms with E-state index in [4.69, 9.17) is 0 Å². The van der Waals surface area contributed by atoms with E-state index in [1.165, 1.54) is 17.4 Å². The highest BCUT2D eigenvalue weighted by atomic mass is 32.1. The zero-order valence-electron chi connectivity index (χ0n) is 14.0. The van der Waals surface area contributed by atoms with Crippen molar-refractivity contribution < 1.29 is 4.39 Å². The van der Waals surface area contributed by atoms with Crippen LogP contribution in [0.15, 0.2) is 54.9 Å². The summed E-state index contributed by atoms with van der Waals surface area (Å²) in [7, 11) is 1.80. The smallest absolute Gasteiger partial charge is 0.183 e. The molecule has 5 nitrogen and oxygen atoms in total. The highest BCUT2D eigenvalue weighted by Gasteiger charge is 2.10. The normalized spacial score (nSPS) is 10.8. The summed E-state index contributed by atoms with van der Waals surface area (Å²) in [6, 6.07) is 13.1. The summed E-state index contributed by atoms with van der Waals surface area (Å²) in [4.78, 5) is 13.1. The van der Waals surface area contributed by atoms with Crippen LogP contribution in [0.4, 0.5) is 15.3 Å². The molecule has 7 heteroatoms. The highest BCUT2D eigenvalue weighted by Crippen LogP contribution is 2.28. The first-order valence-corrected chi connectivity index (χ1v) is 8.92. The lowest BCUT2D eigenvalue weighted by molar-refractivity contribution is 0.614. The predicted octanol–water partition coefficient (Wildman–Crippen LogP) is 4.55. The molecule has 26 heavy (non-hydrogen) atoms. The van der Waals surface area contributed by atoms with Crippen molar-refractivity contribution in [1.29, 1.82) is 0 Å². The molecule has 2 heterocycles. The number of aromatic nitrogens is 3. The van der Waals surface area contributed by atoms with Gasteiger partial charge < -0.3 is 10.6 Å².